The van der Waals surface area contributed by atoms with Gasteiger partial charge in [-0.2, -0.15) is 5.26 Å². The van der Waals surface area contributed by atoms with Crippen molar-refractivity contribution in [2.75, 3.05) is 19.7 Å². The summed E-state index contributed by atoms with van der Waals surface area (Å²) >= 11 is 0. The highest BCUT2D eigenvalue weighted by molar-refractivity contribution is 5.82. The molecule has 1 aromatic heterocycles. The van der Waals surface area contributed by atoms with Crippen LogP contribution in [0.2, 0.25) is 0 Å². The molecule has 1 fully saturated rings. The lowest BCUT2D eigenvalue weighted by Gasteiger charge is -2.28. The van der Waals surface area contributed by atoms with Gasteiger partial charge in [-0.25, -0.2) is 9.18 Å². The topological polar surface area (TPSA) is 109 Å². The van der Waals surface area contributed by atoms with Crippen molar-refractivity contribution in [3.63, 3.8) is 0 Å². The Hall–Kier alpha value is -3.48. The van der Waals surface area contributed by atoms with Crippen LogP contribution in [-0.2, 0) is 22.2 Å². The zero-order chi connectivity index (χ0) is 23.6. The van der Waals surface area contributed by atoms with Gasteiger partial charge in [-0.05, 0) is 48.7 Å². The number of amides is 1. The lowest BCUT2D eigenvalue weighted by Crippen LogP contribution is -2.51. The molecule has 33 heavy (non-hydrogen) atoms. The van der Waals surface area contributed by atoms with E-state index in [0.29, 0.717) is 24.3 Å². The summed E-state index contributed by atoms with van der Waals surface area (Å²) in [6.45, 7) is 2.75. The molecule has 2 heterocycles. The molecule has 3 atom stereocenters. The van der Waals surface area contributed by atoms with Crippen molar-refractivity contribution in [3.8, 4) is 17.2 Å². The Bertz CT molecular complexity index is 1250. The third-order valence-electron chi connectivity index (χ3n) is 5.97. The Morgan fingerprint density at radius 1 is 1.30 bits per heavy atom. The Kier molecular flexibility index (Phi) is 6.31. The van der Waals surface area contributed by atoms with E-state index in [-0.39, 0.29) is 5.56 Å². The van der Waals surface area contributed by atoms with Crippen molar-refractivity contribution >= 4 is 17.0 Å². The molecule has 3 unspecified atom stereocenters. The van der Waals surface area contributed by atoms with Gasteiger partial charge in [0.2, 0.25) is 0 Å². The van der Waals surface area contributed by atoms with Crippen LogP contribution >= 0.6 is 0 Å². The first kappa shape index (κ1) is 22.7. The lowest BCUT2D eigenvalue weighted by molar-refractivity contribution is -0.133. The molecular weight excluding hydrogens is 427 g/mol. The number of aromatic nitrogens is 1. The second-order valence-corrected chi connectivity index (χ2v) is 8.25. The van der Waals surface area contributed by atoms with Crippen molar-refractivity contribution < 1.29 is 18.3 Å². The van der Waals surface area contributed by atoms with Crippen LogP contribution in [0.4, 0.5) is 4.39 Å². The quantitative estimate of drug-likeness (QED) is 0.615. The SMILES string of the molecule is Cn1c(=O)oc2ccc(-c3ccc(C(C)(F)C(C#N)NC(=O)C4CNCCCO4)cc3)cc21. The third kappa shape index (κ3) is 4.53. The van der Waals surface area contributed by atoms with Crippen LogP contribution in [0.1, 0.15) is 18.9 Å². The number of fused-ring (bicyclic) bond motifs is 1. The molecule has 2 aromatic carbocycles. The maximum Gasteiger partial charge on any atom is 0.419 e. The number of halogens is 1. The summed E-state index contributed by atoms with van der Waals surface area (Å²) in [6, 6.07) is 12.5. The Morgan fingerprint density at radius 2 is 2.03 bits per heavy atom. The van der Waals surface area contributed by atoms with Crippen LogP contribution in [0.15, 0.2) is 51.7 Å². The predicted octanol–water partition coefficient (Wildman–Crippen LogP) is 2.37. The first-order valence-electron chi connectivity index (χ1n) is 10.7. The fourth-order valence-electron chi connectivity index (χ4n) is 3.87. The van der Waals surface area contributed by atoms with Crippen LogP contribution in [0.3, 0.4) is 0 Å². The molecule has 0 radical (unpaired) electrons. The van der Waals surface area contributed by atoms with E-state index in [1.165, 1.54) is 11.5 Å². The molecule has 4 rings (SSSR count). The van der Waals surface area contributed by atoms with E-state index >= 15 is 4.39 Å². The maximum atomic E-state index is 15.7. The molecule has 1 aliphatic rings. The number of oxazole rings is 1. The van der Waals surface area contributed by atoms with E-state index in [4.69, 9.17) is 9.15 Å². The Labute approximate surface area is 189 Å². The summed E-state index contributed by atoms with van der Waals surface area (Å²) in [5, 5.41) is 15.2. The molecule has 3 aromatic rings. The number of carbonyl (C=O) groups excluding carboxylic acids is 1. The fourth-order valence-corrected chi connectivity index (χ4v) is 3.87. The van der Waals surface area contributed by atoms with Gasteiger partial charge in [-0.1, -0.05) is 30.3 Å². The number of aryl methyl sites for hydroxylation is 1. The van der Waals surface area contributed by atoms with Crippen LogP contribution in [0.5, 0.6) is 0 Å². The van der Waals surface area contributed by atoms with Crippen molar-refractivity contribution in [2.45, 2.75) is 31.2 Å². The van der Waals surface area contributed by atoms with Crippen LogP contribution in [-0.4, -0.2) is 42.3 Å². The van der Waals surface area contributed by atoms with Crippen LogP contribution in [0, 0.1) is 11.3 Å². The summed E-state index contributed by atoms with van der Waals surface area (Å²) in [4.78, 5) is 24.3. The maximum absolute atomic E-state index is 15.7. The minimum absolute atomic E-state index is 0.259. The monoisotopic (exact) mass is 452 g/mol. The number of alkyl halides is 1. The highest BCUT2D eigenvalue weighted by Crippen LogP contribution is 2.32. The number of hydrogen-bond acceptors (Lipinski definition) is 6. The number of carbonyl (C=O) groups is 1. The number of hydrogen-bond donors (Lipinski definition) is 2. The molecule has 0 bridgehead atoms. The first-order chi connectivity index (χ1) is 15.8. The minimum Gasteiger partial charge on any atom is -0.408 e. The van der Waals surface area contributed by atoms with Gasteiger partial charge in [-0.3, -0.25) is 9.36 Å². The minimum atomic E-state index is -2.13. The molecule has 1 amide bonds. The molecular formula is C24H25FN4O4. The summed E-state index contributed by atoms with van der Waals surface area (Å²) in [6.07, 6.45) is 0.0120. The highest BCUT2D eigenvalue weighted by Gasteiger charge is 2.39. The lowest BCUT2D eigenvalue weighted by atomic mass is 9.89. The van der Waals surface area contributed by atoms with Gasteiger partial charge in [0.05, 0.1) is 11.6 Å². The van der Waals surface area contributed by atoms with Gasteiger partial charge in [0.25, 0.3) is 5.91 Å². The van der Waals surface area contributed by atoms with E-state index in [1.807, 2.05) is 18.2 Å². The van der Waals surface area contributed by atoms with Gasteiger partial charge in [0.15, 0.2) is 17.3 Å². The molecule has 0 spiro atoms. The van der Waals surface area contributed by atoms with E-state index < -0.39 is 29.5 Å². The largest absolute Gasteiger partial charge is 0.419 e. The zero-order valence-corrected chi connectivity index (χ0v) is 18.4. The van der Waals surface area contributed by atoms with Crippen LogP contribution < -0.4 is 16.4 Å². The zero-order valence-electron chi connectivity index (χ0n) is 18.4. The molecule has 172 valence electrons. The standard InChI is InChI=1S/C24H25FN4O4/c1-24(25,21(13-26)28-22(30)20-14-27-10-3-11-32-20)17-7-4-15(5-8-17)16-6-9-19-18(12-16)29(2)23(31)33-19/h4-9,12,20-21,27H,3,10-11,14H2,1-2H3,(H,28,30). The molecule has 1 aliphatic heterocycles. The molecule has 8 nitrogen and oxygen atoms in total. The average molecular weight is 452 g/mol. The number of nitrogens with zero attached hydrogens (tertiary/aromatic N) is 2. The second-order valence-electron chi connectivity index (χ2n) is 8.25. The molecule has 9 heteroatoms. The average Bonchev–Trinajstić information content (AvgIpc) is 3.00. The Balaban J connectivity index is 1.54. The van der Waals surface area contributed by atoms with Crippen molar-refractivity contribution in [1.82, 2.24) is 15.2 Å². The summed E-state index contributed by atoms with van der Waals surface area (Å²) in [5.74, 6) is -0.962. The molecule has 1 saturated heterocycles. The van der Waals surface area contributed by atoms with E-state index in [2.05, 4.69) is 10.6 Å². The van der Waals surface area contributed by atoms with Crippen molar-refractivity contribution in [3.05, 3.63) is 58.6 Å². The number of nitrogens with one attached hydrogen (secondary N) is 2. The van der Waals surface area contributed by atoms with Crippen LogP contribution in [0.25, 0.3) is 22.2 Å². The van der Waals surface area contributed by atoms with Gasteiger partial charge in [-0.15, -0.1) is 0 Å². The number of ether oxygens (including phenoxy) is 1. The predicted molar refractivity (Wildman–Crippen MR) is 120 cm³/mol. The number of rotatable bonds is 5. The van der Waals surface area contributed by atoms with Gasteiger partial charge < -0.3 is 19.8 Å². The Morgan fingerprint density at radius 3 is 2.76 bits per heavy atom. The fraction of sp³-hybridized carbons (Fsp3) is 0.375. The van der Waals surface area contributed by atoms with Crippen molar-refractivity contribution in [2.24, 2.45) is 7.05 Å². The molecule has 0 aliphatic carbocycles. The van der Waals surface area contributed by atoms with Crippen molar-refractivity contribution in [1.29, 1.82) is 5.26 Å². The number of benzene rings is 2. The molecule has 0 saturated carbocycles. The molecule has 2 N–H and O–H groups in total. The smallest absolute Gasteiger partial charge is 0.408 e. The first-order valence-corrected chi connectivity index (χ1v) is 10.7. The summed E-state index contributed by atoms with van der Waals surface area (Å²) in [7, 11) is 1.63. The normalized spacial score (nSPS) is 19.3. The van der Waals surface area contributed by atoms with E-state index in [0.717, 1.165) is 24.1 Å². The van der Waals surface area contributed by atoms with Gasteiger partial charge in [0.1, 0.15) is 6.10 Å². The van der Waals surface area contributed by atoms with Gasteiger partial charge in [0, 0.05) is 20.2 Å². The summed E-state index contributed by atoms with van der Waals surface area (Å²) in [5.41, 5.74) is 0.906. The van der Waals surface area contributed by atoms with E-state index in [9.17, 15) is 14.9 Å². The summed E-state index contributed by atoms with van der Waals surface area (Å²) < 4.78 is 27.8. The highest BCUT2D eigenvalue weighted by atomic mass is 19.1. The second kappa shape index (κ2) is 9.17. The van der Waals surface area contributed by atoms with E-state index in [1.54, 1.807) is 37.4 Å². The third-order valence-corrected chi connectivity index (χ3v) is 5.97. The number of nitriles is 1. The van der Waals surface area contributed by atoms with Gasteiger partial charge >= 0.3 is 5.76 Å².